The highest BCUT2D eigenvalue weighted by Gasteiger charge is 2.69. The summed E-state index contributed by atoms with van der Waals surface area (Å²) in [6.07, 6.45) is 2.13. The quantitative estimate of drug-likeness (QED) is 0.141. The van der Waals surface area contributed by atoms with Gasteiger partial charge in [-0.2, -0.15) is 4.98 Å². The van der Waals surface area contributed by atoms with Gasteiger partial charge in [0.25, 0.3) is 11.5 Å². The Hall–Kier alpha value is -4.92. The normalized spacial score (nSPS) is 23.6. The van der Waals surface area contributed by atoms with Crippen molar-refractivity contribution in [2.45, 2.75) is 77.5 Å². The van der Waals surface area contributed by atoms with E-state index in [1.807, 2.05) is 6.92 Å². The summed E-state index contributed by atoms with van der Waals surface area (Å²) < 4.78 is 0. The molecule has 2 fully saturated rings. The van der Waals surface area contributed by atoms with Crippen molar-refractivity contribution in [2.24, 2.45) is 16.7 Å². The Morgan fingerprint density at radius 3 is 2.52 bits per heavy atom. The highest BCUT2D eigenvalue weighted by Crippen LogP contribution is 2.72. The molecule has 15 heteroatoms. The fraction of sp³-hybridized carbons (Fsp3) is 0.484. The van der Waals surface area contributed by atoms with Gasteiger partial charge in [0, 0.05) is 23.1 Å². The van der Waals surface area contributed by atoms with Gasteiger partial charge in [0.1, 0.15) is 18.2 Å². The van der Waals surface area contributed by atoms with Crippen LogP contribution in [-0.2, 0) is 26.5 Å². The number of carboxylic acid groups (broad SMARTS) is 2. The molecule has 0 saturated heterocycles. The molecule has 15 nitrogen and oxygen atoms in total. The van der Waals surface area contributed by atoms with Crippen molar-refractivity contribution in [2.75, 3.05) is 11.1 Å². The van der Waals surface area contributed by atoms with Crippen LogP contribution in [0.2, 0.25) is 0 Å². The maximum Gasteiger partial charge on any atom is 0.326 e. The number of Topliss-reactive ketones (excluding diaryl/α,β-unsaturated/α-hetero) is 1. The molecule has 46 heavy (non-hydrogen) atoms. The highest BCUT2D eigenvalue weighted by atomic mass is 16.4. The number of aliphatic carboxylic acids is 2. The first-order chi connectivity index (χ1) is 21.6. The second-order valence-electron chi connectivity index (χ2n) is 13.0. The van der Waals surface area contributed by atoms with Gasteiger partial charge in [-0.25, -0.2) is 14.8 Å². The molecular formula is C31H37N7O8. The number of fused-ring (bicyclic) bond motifs is 3. The summed E-state index contributed by atoms with van der Waals surface area (Å²) >= 11 is 0. The Balaban J connectivity index is 1.45. The number of benzene rings is 1. The van der Waals surface area contributed by atoms with Gasteiger partial charge in [0.2, 0.25) is 5.95 Å². The maximum absolute atomic E-state index is 13.7. The van der Waals surface area contributed by atoms with Crippen molar-refractivity contribution in [3.05, 3.63) is 51.6 Å². The molecule has 2 aromatic heterocycles. The van der Waals surface area contributed by atoms with E-state index >= 15 is 0 Å². The Labute approximate surface area is 263 Å². The molecule has 3 unspecified atom stereocenters. The van der Waals surface area contributed by atoms with Crippen LogP contribution in [0.15, 0.2) is 29.2 Å². The van der Waals surface area contributed by atoms with Crippen LogP contribution in [0.5, 0.6) is 0 Å². The zero-order valence-corrected chi connectivity index (χ0v) is 25.7. The van der Waals surface area contributed by atoms with E-state index in [-0.39, 0.29) is 53.4 Å². The summed E-state index contributed by atoms with van der Waals surface area (Å²) in [6, 6.07) is 3.33. The lowest BCUT2D eigenvalue weighted by Gasteiger charge is -2.46. The topological polar surface area (TPSA) is 251 Å². The van der Waals surface area contributed by atoms with E-state index in [1.54, 1.807) is 12.1 Å². The fourth-order valence-electron chi connectivity index (χ4n) is 7.18. The summed E-state index contributed by atoms with van der Waals surface area (Å²) in [4.78, 5) is 75.6. The predicted octanol–water partition coefficient (Wildman–Crippen LogP) is 1.95. The average Bonchev–Trinajstić information content (AvgIpc) is 3.29. The van der Waals surface area contributed by atoms with E-state index < -0.39 is 52.7 Å². The van der Waals surface area contributed by atoms with Gasteiger partial charge in [-0.15, -0.1) is 0 Å². The Kier molecular flexibility index (Phi) is 8.32. The number of rotatable bonds is 12. The Morgan fingerprint density at radius 1 is 1.15 bits per heavy atom. The number of carbonyl (C=O) groups is 4. The van der Waals surface area contributed by atoms with E-state index in [2.05, 4.69) is 44.4 Å². The molecule has 2 saturated carbocycles. The monoisotopic (exact) mass is 635 g/mol. The lowest BCUT2D eigenvalue weighted by molar-refractivity contribution is -0.140. The van der Waals surface area contributed by atoms with E-state index in [9.17, 15) is 34.2 Å². The SMILES string of the molecule is CC1(C)C2CCC1(C)C(O)(c1cc(NCc3cnc4nc(N)[nH]c(=O)c4n3)ccc1C(=O)N[C@@H](CCC(=O)CC(=O)O)C(=O)O)C2. The zero-order chi connectivity index (χ0) is 33.6. The Morgan fingerprint density at radius 2 is 1.89 bits per heavy atom. The molecule has 1 amide bonds. The number of aromatic amines is 1. The van der Waals surface area contributed by atoms with Crippen molar-refractivity contribution in [3.8, 4) is 0 Å². The van der Waals surface area contributed by atoms with Crippen LogP contribution < -0.4 is 21.9 Å². The first-order valence-corrected chi connectivity index (χ1v) is 14.9. The molecule has 2 heterocycles. The minimum Gasteiger partial charge on any atom is -0.481 e. The lowest BCUT2D eigenvalue weighted by atomic mass is 9.61. The van der Waals surface area contributed by atoms with Crippen molar-refractivity contribution < 1.29 is 34.5 Å². The molecule has 8 N–H and O–H groups in total. The third-order valence-electron chi connectivity index (χ3n) is 10.2. The number of hydrogen-bond acceptors (Lipinski definition) is 11. The number of hydrogen-bond donors (Lipinski definition) is 7. The van der Waals surface area contributed by atoms with Gasteiger partial charge >= 0.3 is 11.9 Å². The summed E-state index contributed by atoms with van der Waals surface area (Å²) in [5.41, 5.74) is 4.25. The largest absolute Gasteiger partial charge is 0.481 e. The van der Waals surface area contributed by atoms with Crippen LogP contribution in [0.25, 0.3) is 11.2 Å². The van der Waals surface area contributed by atoms with E-state index in [0.717, 1.165) is 12.8 Å². The molecule has 2 bridgehead atoms. The average molecular weight is 636 g/mol. The molecule has 2 aliphatic rings. The number of amides is 1. The summed E-state index contributed by atoms with van der Waals surface area (Å²) in [6.45, 7) is 6.37. The second-order valence-corrected chi connectivity index (χ2v) is 13.0. The first-order valence-electron chi connectivity index (χ1n) is 14.9. The van der Waals surface area contributed by atoms with Crippen molar-refractivity contribution in [1.82, 2.24) is 25.3 Å². The number of aromatic nitrogens is 4. The first kappa shape index (κ1) is 32.5. The van der Waals surface area contributed by atoms with Crippen molar-refractivity contribution in [3.63, 3.8) is 0 Å². The van der Waals surface area contributed by atoms with Crippen molar-refractivity contribution >= 4 is 46.4 Å². The molecule has 1 aromatic carbocycles. The number of aliphatic hydroxyl groups is 1. The lowest BCUT2D eigenvalue weighted by Crippen LogP contribution is -2.47. The van der Waals surface area contributed by atoms with Gasteiger partial charge in [-0.1, -0.05) is 20.8 Å². The van der Waals surface area contributed by atoms with Crippen LogP contribution in [0.1, 0.15) is 80.9 Å². The van der Waals surface area contributed by atoms with Crippen LogP contribution in [0.3, 0.4) is 0 Å². The number of carboxylic acids is 2. The summed E-state index contributed by atoms with van der Waals surface area (Å²) in [5, 5.41) is 36.7. The minimum atomic E-state index is -1.46. The number of nitrogens with two attached hydrogens (primary N) is 1. The molecule has 3 aromatic rings. The molecule has 0 radical (unpaired) electrons. The maximum atomic E-state index is 13.7. The van der Waals surface area contributed by atoms with Crippen molar-refractivity contribution in [1.29, 1.82) is 0 Å². The number of carbonyl (C=O) groups excluding carboxylic acids is 2. The van der Waals surface area contributed by atoms with Gasteiger partial charge in [0.05, 0.1) is 24.0 Å². The van der Waals surface area contributed by atoms with Gasteiger partial charge in [-0.05, 0) is 60.8 Å². The smallest absolute Gasteiger partial charge is 0.326 e. The number of ketones is 1. The molecule has 4 atom stereocenters. The zero-order valence-electron chi connectivity index (χ0n) is 25.7. The number of H-pyrrole nitrogens is 1. The van der Waals surface area contributed by atoms with Gasteiger partial charge < -0.3 is 31.7 Å². The second kappa shape index (κ2) is 11.8. The molecule has 244 valence electrons. The highest BCUT2D eigenvalue weighted by molar-refractivity contribution is 5.99. The number of nitrogens with zero attached hydrogens (tertiary/aromatic N) is 3. The fourth-order valence-corrected chi connectivity index (χ4v) is 7.18. The molecular weight excluding hydrogens is 598 g/mol. The van der Waals surface area contributed by atoms with Crippen LogP contribution in [0.4, 0.5) is 11.6 Å². The summed E-state index contributed by atoms with van der Waals surface area (Å²) in [5.74, 6) is -3.99. The van der Waals surface area contributed by atoms with Gasteiger partial charge in [-0.3, -0.25) is 24.2 Å². The molecule has 0 aliphatic heterocycles. The third kappa shape index (κ3) is 5.66. The van der Waals surface area contributed by atoms with Crippen LogP contribution >= 0.6 is 0 Å². The van der Waals surface area contributed by atoms with E-state index in [0.29, 0.717) is 23.4 Å². The standard InChI is InChI=1S/C31H37N7O8/c1-29(2)15-8-9-30(29,3)31(46,12-15)20-10-16(33-13-17-14-34-24-23(35-17)26(43)38-28(32)37-24)4-6-19(20)25(42)36-21(27(44)45)7-5-18(39)11-22(40)41/h4,6,10,14-15,21,33,46H,5,7-9,11-13H2,1-3H3,(H,36,42)(H,40,41)(H,44,45)(H3,32,34,37,38,43)/t15?,21-,30?,31?/m0/s1. The number of nitrogen functional groups attached to an aromatic ring is 1. The predicted molar refractivity (Wildman–Crippen MR) is 165 cm³/mol. The molecule has 2 aliphatic carbocycles. The summed E-state index contributed by atoms with van der Waals surface area (Å²) in [7, 11) is 0. The van der Waals surface area contributed by atoms with E-state index in [4.69, 9.17) is 10.8 Å². The van der Waals surface area contributed by atoms with Crippen LogP contribution in [0, 0.1) is 16.7 Å². The minimum absolute atomic E-state index is 0.0188. The molecule has 5 rings (SSSR count). The van der Waals surface area contributed by atoms with Gasteiger partial charge in [0.15, 0.2) is 11.2 Å². The van der Waals surface area contributed by atoms with Crippen LogP contribution in [-0.4, -0.2) is 64.9 Å². The number of anilines is 2. The molecule has 0 spiro atoms. The third-order valence-corrected chi connectivity index (χ3v) is 10.2. The Bertz CT molecular complexity index is 1810. The van der Waals surface area contributed by atoms with E-state index in [1.165, 1.54) is 12.3 Å². The number of nitrogens with one attached hydrogen (secondary N) is 3.